The van der Waals surface area contributed by atoms with Crippen LogP contribution in [-0.4, -0.2) is 32.8 Å². The number of nitrogens with zero attached hydrogens (tertiary/aromatic N) is 4. The number of carbonyl (C=O) groups is 1. The molecule has 0 bridgehead atoms. The van der Waals surface area contributed by atoms with Gasteiger partial charge in [-0.3, -0.25) is 4.79 Å². The Morgan fingerprint density at radius 3 is 2.70 bits per heavy atom. The summed E-state index contributed by atoms with van der Waals surface area (Å²) in [5, 5.41) is 16.9. The lowest BCUT2D eigenvalue weighted by Gasteiger charge is -2.08. The third-order valence-electron chi connectivity index (χ3n) is 4.60. The highest BCUT2D eigenvalue weighted by Crippen LogP contribution is 2.27. The van der Waals surface area contributed by atoms with E-state index in [1.165, 1.54) is 11.3 Å². The Morgan fingerprint density at radius 2 is 2.00 bits per heavy atom. The van der Waals surface area contributed by atoms with Crippen LogP contribution in [0.25, 0.3) is 15.5 Å². The lowest BCUT2D eigenvalue weighted by atomic mass is 10.1. The normalized spacial score (nSPS) is 11.0. The maximum absolute atomic E-state index is 12.4. The molecule has 4 rings (SSSR count). The van der Waals surface area contributed by atoms with Gasteiger partial charge in [0.1, 0.15) is 10.8 Å². The van der Waals surface area contributed by atoms with Gasteiger partial charge in [-0.2, -0.15) is 9.61 Å². The molecule has 1 amide bonds. The molecule has 0 fully saturated rings. The van der Waals surface area contributed by atoms with Crippen molar-refractivity contribution < 1.29 is 9.53 Å². The van der Waals surface area contributed by atoms with Gasteiger partial charge in [-0.25, -0.2) is 0 Å². The molecule has 9 heteroatoms. The first-order valence-electron chi connectivity index (χ1n) is 9.51. The minimum absolute atomic E-state index is 0.139. The monoisotopic (exact) mass is 485 g/mol. The highest BCUT2D eigenvalue weighted by molar-refractivity contribution is 9.10. The molecule has 0 aliphatic heterocycles. The average Bonchev–Trinajstić information content (AvgIpc) is 3.34. The molecule has 2 aromatic heterocycles. The first-order valence-corrected chi connectivity index (χ1v) is 11.1. The Kier molecular flexibility index (Phi) is 6.10. The Morgan fingerprint density at radius 1 is 1.20 bits per heavy atom. The van der Waals surface area contributed by atoms with Crippen LogP contribution >= 0.6 is 27.3 Å². The predicted molar refractivity (Wildman–Crippen MR) is 120 cm³/mol. The zero-order valence-electron chi connectivity index (χ0n) is 16.6. The van der Waals surface area contributed by atoms with Crippen LogP contribution < -0.4 is 10.1 Å². The van der Waals surface area contributed by atoms with Crippen molar-refractivity contribution in [2.24, 2.45) is 0 Å². The lowest BCUT2D eigenvalue weighted by Crippen LogP contribution is -2.22. The molecule has 4 aromatic rings. The molecule has 0 unspecified atom stereocenters. The Hall–Kier alpha value is -2.78. The van der Waals surface area contributed by atoms with Gasteiger partial charge in [-0.15, -0.1) is 10.2 Å². The van der Waals surface area contributed by atoms with Gasteiger partial charge in [0.2, 0.25) is 4.96 Å². The molecular weight excluding hydrogens is 466 g/mol. The van der Waals surface area contributed by atoms with Gasteiger partial charge >= 0.3 is 0 Å². The minimum atomic E-state index is -0.139. The number of carbonyl (C=O) groups excluding carboxylic acids is 1. The van der Waals surface area contributed by atoms with E-state index in [0.29, 0.717) is 17.9 Å². The highest BCUT2D eigenvalue weighted by atomic mass is 79.9. The average molecular weight is 486 g/mol. The number of rotatable bonds is 7. The van der Waals surface area contributed by atoms with Gasteiger partial charge in [-0.05, 0) is 46.1 Å². The zero-order valence-corrected chi connectivity index (χ0v) is 19.0. The van der Waals surface area contributed by atoms with E-state index in [0.717, 1.165) is 44.2 Å². The van der Waals surface area contributed by atoms with Gasteiger partial charge in [-0.1, -0.05) is 42.5 Å². The number of methoxy groups -OCH3 is 1. The van der Waals surface area contributed by atoms with Crippen molar-refractivity contribution in [1.29, 1.82) is 0 Å². The van der Waals surface area contributed by atoms with E-state index in [1.54, 1.807) is 25.3 Å². The quantitative estimate of drug-likeness (QED) is 0.416. The molecule has 0 spiro atoms. The highest BCUT2D eigenvalue weighted by Gasteiger charge is 2.13. The molecule has 0 aliphatic carbocycles. The topological polar surface area (TPSA) is 81.4 Å². The van der Waals surface area contributed by atoms with E-state index < -0.39 is 0 Å². The van der Waals surface area contributed by atoms with Gasteiger partial charge < -0.3 is 10.1 Å². The number of nitrogens with one attached hydrogen (secondary N) is 1. The Labute approximate surface area is 186 Å². The second kappa shape index (κ2) is 8.93. The number of halogens is 1. The maximum atomic E-state index is 12.4. The molecule has 0 radical (unpaired) electrons. The SMILES string of the molecule is CCCc1nnc2sc(-c3ccc(CNC(=O)c4ccc(OC)c(Br)c4)cc3)nn12. The van der Waals surface area contributed by atoms with E-state index in [1.807, 2.05) is 28.8 Å². The summed E-state index contributed by atoms with van der Waals surface area (Å²) in [5.74, 6) is 1.44. The molecular formula is C21H20BrN5O2S. The van der Waals surface area contributed by atoms with Crippen molar-refractivity contribution in [2.75, 3.05) is 7.11 Å². The first kappa shape index (κ1) is 20.5. The summed E-state index contributed by atoms with van der Waals surface area (Å²) in [5.41, 5.74) is 2.60. The molecule has 0 saturated carbocycles. The van der Waals surface area contributed by atoms with Crippen LogP contribution in [0.5, 0.6) is 5.75 Å². The van der Waals surface area contributed by atoms with Gasteiger partial charge in [0.25, 0.3) is 5.91 Å². The molecule has 1 N–H and O–H groups in total. The molecule has 7 nitrogen and oxygen atoms in total. The van der Waals surface area contributed by atoms with Crippen LogP contribution in [0, 0.1) is 0 Å². The summed E-state index contributed by atoms with van der Waals surface area (Å²) in [6.07, 6.45) is 1.86. The largest absolute Gasteiger partial charge is 0.496 e. The standard InChI is InChI=1S/C21H20BrN5O2S/c1-3-4-18-24-25-21-27(18)26-20(30-21)14-7-5-13(6-8-14)12-23-19(28)15-9-10-17(29-2)16(22)11-15/h5-11H,3-4,12H2,1-2H3,(H,23,28). The van der Waals surface area contributed by atoms with Crippen LogP contribution in [-0.2, 0) is 13.0 Å². The van der Waals surface area contributed by atoms with Crippen LogP contribution in [0.1, 0.15) is 35.1 Å². The number of hydrogen-bond donors (Lipinski definition) is 1. The van der Waals surface area contributed by atoms with Crippen molar-refractivity contribution in [3.63, 3.8) is 0 Å². The number of ether oxygens (including phenoxy) is 1. The number of hydrogen-bond acceptors (Lipinski definition) is 6. The van der Waals surface area contributed by atoms with Crippen molar-refractivity contribution in [3.8, 4) is 16.3 Å². The summed E-state index contributed by atoms with van der Waals surface area (Å²) < 4.78 is 7.77. The lowest BCUT2D eigenvalue weighted by molar-refractivity contribution is 0.0951. The molecule has 0 aliphatic rings. The molecule has 30 heavy (non-hydrogen) atoms. The number of benzene rings is 2. The number of aryl methyl sites for hydroxylation is 1. The second-order valence-corrected chi connectivity index (χ2v) is 8.51. The Balaban J connectivity index is 1.42. The van der Waals surface area contributed by atoms with Crippen molar-refractivity contribution in [2.45, 2.75) is 26.3 Å². The fraction of sp³-hybridized carbons (Fsp3) is 0.238. The first-order chi connectivity index (χ1) is 14.6. The van der Waals surface area contributed by atoms with Crippen molar-refractivity contribution in [1.82, 2.24) is 25.1 Å². The number of aromatic nitrogens is 4. The van der Waals surface area contributed by atoms with E-state index >= 15 is 0 Å². The summed E-state index contributed by atoms with van der Waals surface area (Å²) in [6.45, 7) is 2.55. The summed E-state index contributed by atoms with van der Waals surface area (Å²) >= 11 is 4.92. The van der Waals surface area contributed by atoms with Gasteiger partial charge in [0.05, 0.1) is 11.6 Å². The number of amides is 1. The molecule has 2 heterocycles. The van der Waals surface area contributed by atoms with Gasteiger partial charge in [0.15, 0.2) is 5.82 Å². The van der Waals surface area contributed by atoms with Crippen LogP contribution in [0.3, 0.4) is 0 Å². The maximum Gasteiger partial charge on any atom is 0.251 e. The van der Waals surface area contributed by atoms with E-state index in [4.69, 9.17) is 4.74 Å². The fourth-order valence-corrected chi connectivity index (χ4v) is 4.42. The van der Waals surface area contributed by atoms with Crippen LogP contribution in [0.15, 0.2) is 46.9 Å². The predicted octanol–water partition coefficient (Wildman–Crippen LogP) is 4.51. The van der Waals surface area contributed by atoms with Crippen LogP contribution in [0.4, 0.5) is 0 Å². The summed E-state index contributed by atoms with van der Waals surface area (Å²) in [4.78, 5) is 13.2. The number of fused-ring (bicyclic) bond motifs is 1. The summed E-state index contributed by atoms with van der Waals surface area (Å²) in [6, 6.07) is 13.3. The van der Waals surface area contributed by atoms with E-state index in [9.17, 15) is 4.79 Å². The molecule has 2 aromatic carbocycles. The van der Waals surface area contributed by atoms with E-state index in [-0.39, 0.29) is 5.91 Å². The van der Waals surface area contributed by atoms with Crippen molar-refractivity contribution >= 4 is 38.1 Å². The molecule has 0 atom stereocenters. The third-order valence-corrected chi connectivity index (χ3v) is 6.16. The van der Waals surface area contributed by atoms with Crippen LogP contribution in [0.2, 0.25) is 0 Å². The van der Waals surface area contributed by atoms with Crippen molar-refractivity contribution in [3.05, 3.63) is 63.9 Å². The van der Waals surface area contributed by atoms with E-state index in [2.05, 4.69) is 43.5 Å². The Bertz CT molecular complexity index is 1190. The molecule has 154 valence electrons. The third kappa shape index (κ3) is 4.22. The zero-order chi connectivity index (χ0) is 21.1. The summed E-state index contributed by atoms with van der Waals surface area (Å²) in [7, 11) is 1.59. The van der Waals surface area contributed by atoms with Gasteiger partial charge in [0, 0.05) is 24.1 Å². The fourth-order valence-electron chi connectivity index (χ4n) is 3.01. The smallest absolute Gasteiger partial charge is 0.251 e. The minimum Gasteiger partial charge on any atom is -0.496 e. The molecule has 0 saturated heterocycles. The second-order valence-electron chi connectivity index (χ2n) is 6.70.